The summed E-state index contributed by atoms with van der Waals surface area (Å²) in [7, 11) is -1.43. The Bertz CT molecular complexity index is 885. The molecule has 0 spiro atoms. The fourth-order valence-corrected chi connectivity index (χ4v) is 3.34. The number of non-ortho nitro benzene ring substituents is 1. The van der Waals surface area contributed by atoms with Gasteiger partial charge in [0.2, 0.25) is 0 Å². The Morgan fingerprint density at radius 3 is 2.42 bits per heavy atom. The maximum atomic E-state index is 12.6. The summed E-state index contributed by atoms with van der Waals surface area (Å²) >= 11 is 5.98. The van der Waals surface area contributed by atoms with Gasteiger partial charge in [0.05, 0.1) is 35.9 Å². The topological polar surface area (TPSA) is 108 Å². The number of sulfonamides is 1. The Hall–Kier alpha value is -2.52. The molecule has 128 valence electrons. The van der Waals surface area contributed by atoms with E-state index < -0.39 is 14.9 Å². The maximum Gasteiger partial charge on any atom is 0.273 e. The molecule has 2 rings (SSSR count). The van der Waals surface area contributed by atoms with Gasteiger partial charge in [-0.25, -0.2) is 8.42 Å². The molecule has 0 fully saturated rings. The fraction of sp³-hybridized carbons (Fsp3) is 0.143. The third-order valence-electron chi connectivity index (χ3n) is 3.07. The van der Waals surface area contributed by atoms with Gasteiger partial charge in [0, 0.05) is 12.1 Å². The van der Waals surface area contributed by atoms with Crippen LogP contribution in [0, 0.1) is 10.1 Å². The molecule has 0 heterocycles. The number of hydrogen-bond donors (Lipinski definition) is 1. The molecule has 0 aromatic heterocycles. The van der Waals surface area contributed by atoms with Gasteiger partial charge in [0.15, 0.2) is 0 Å². The minimum absolute atomic E-state index is 0.108. The molecule has 0 aliphatic heterocycles. The lowest BCUT2D eigenvalue weighted by Gasteiger charge is -2.13. The first kappa shape index (κ1) is 17.8. The smallest absolute Gasteiger partial charge is 0.273 e. The van der Waals surface area contributed by atoms with Crippen LogP contribution in [-0.4, -0.2) is 27.6 Å². The van der Waals surface area contributed by atoms with E-state index in [-0.39, 0.29) is 27.0 Å². The molecule has 8 nitrogen and oxygen atoms in total. The van der Waals surface area contributed by atoms with E-state index in [1.165, 1.54) is 26.4 Å². The molecule has 2 aromatic carbocycles. The van der Waals surface area contributed by atoms with Crippen LogP contribution >= 0.6 is 11.6 Å². The standard InChI is InChI=1S/C14H13ClN2O6S/c1-22-10-4-5-11(15)12(8-10)16-24(20,21)14-6-3-9(17(18)19)7-13(14)23-2/h3-8,16H,1-2H3. The lowest BCUT2D eigenvalue weighted by Crippen LogP contribution is -2.14. The number of nitrogens with one attached hydrogen (secondary N) is 1. The summed E-state index contributed by atoms with van der Waals surface area (Å²) in [5.74, 6) is 0.253. The second-order valence-electron chi connectivity index (χ2n) is 4.54. The second-order valence-corrected chi connectivity index (χ2v) is 6.60. The highest BCUT2D eigenvalue weighted by molar-refractivity contribution is 7.92. The summed E-state index contributed by atoms with van der Waals surface area (Å²) in [4.78, 5) is 9.89. The molecule has 1 N–H and O–H groups in total. The van der Waals surface area contributed by atoms with E-state index >= 15 is 0 Å². The van der Waals surface area contributed by atoms with E-state index in [9.17, 15) is 18.5 Å². The second kappa shape index (κ2) is 6.93. The molecule has 0 unspecified atom stereocenters. The van der Waals surface area contributed by atoms with E-state index in [2.05, 4.69) is 4.72 Å². The summed E-state index contributed by atoms with van der Waals surface area (Å²) in [6.45, 7) is 0. The molecule has 0 aliphatic rings. The average Bonchev–Trinajstić information content (AvgIpc) is 2.55. The van der Waals surface area contributed by atoms with Gasteiger partial charge in [-0.15, -0.1) is 0 Å². The van der Waals surface area contributed by atoms with Crippen LogP contribution in [-0.2, 0) is 10.0 Å². The molecule has 0 atom stereocenters. The molecule has 2 aromatic rings. The Balaban J connectivity index is 2.46. The normalized spacial score (nSPS) is 11.0. The molecule has 0 radical (unpaired) electrons. The summed E-state index contributed by atoms with van der Waals surface area (Å²) in [5, 5.41) is 11.0. The minimum atomic E-state index is -4.08. The monoisotopic (exact) mass is 372 g/mol. The highest BCUT2D eigenvalue weighted by atomic mass is 35.5. The molecular formula is C14H13ClN2O6S. The van der Waals surface area contributed by atoms with E-state index in [0.717, 1.165) is 18.2 Å². The first-order valence-electron chi connectivity index (χ1n) is 6.47. The number of methoxy groups -OCH3 is 2. The number of halogens is 1. The van der Waals surface area contributed by atoms with Crippen LogP contribution in [0.15, 0.2) is 41.3 Å². The van der Waals surface area contributed by atoms with Gasteiger partial charge in [-0.3, -0.25) is 14.8 Å². The molecule has 0 saturated carbocycles. The van der Waals surface area contributed by atoms with Crippen LogP contribution in [0.3, 0.4) is 0 Å². The van der Waals surface area contributed by atoms with Crippen LogP contribution in [0.25, 0.3) is 0 Å². The summed E-state index contributed by atoms with van der Waals surface area (Å²) < 4.78 is 37.4. The number of ether oxygens (including phenoxy) is 2. The van der Waals surface area contributed by atoms with Crippen molar-refractivity contribution in [3.05, 3.63) is 51.5 Å². The van der Waals surface area contributed by atoms with Gasteiger partial charge in [-0.1, -0.05) is 11.6 Å². The first-order valence-corrected chi connectivity index (χ1v) is 8.33. The van der Waals surface area contributed by atoms with Crippen LogP contribution < -0.4 is 14.2 Å². The van der Waals surface area contributed by atoms with Crippen LogP contribution in [0.2, 0.25) is 5.02 Å². The SMILES string of the molecule is COc1ccc(Cl)c(NS(=O)(=O)c2ccc([N+](=O)[O-])cc2OC)c1. The van der Waals surface area contributed by atoms with E-state index in [1.54, 1.807) is 6.07 Å². The molecule has 0 aliphatic carbocycles. The summed E-state index contributed by atoms with van der Waals surface area (Å²) in [5.41, 5.74) is -0.179. The number of rotatable bonds is 6. The van der Waals surface area contributed by atoms with Crippen LogP contribution in [0.5, 0.6) is 11.5 Å². The summed E-state index contributed by atoms with van der Waals surface area (Å²) in [6, 6.07) is 7.66. The highest BCUT2D eigenvalue weighted by Gasteiger charge is 2.23. The fourth-order valence-electron chi connectivity index (χ4n) is 1.90. The number of nitro groups is 1. The largest absolute Gasteiger partial charge is 0.497 e. The Morgan fingerprint density at radius 1 is 1.12 bits per heavy atom. The minimum Gasteiger partial charge on any atom is -0.497 e. The van der Waals surface area contributed by atoms with Gasteiger partial charge in [0.25, 0.3) is 15.7 Å². The van der Waals surface area contributed by atoms with Crippen molar-refractivity contribution in [1.29, 1.82) is 0 Å². The predicted octanol–water partition coefficient (Wildman–Crippen LogP) is 3.07. The van der Waals surface area contributed by atoms with E-state index in [1.807, 2.05) is 0 Å². The molecule has 10 heteroatoms. The third kappa shape index (κ3) is 3.69. The third-order valence-corrected chi connectivity index (χ3v) is 4.80. The zero-order valence-electron chi connectivity index (χ0n) is 12.6. The van der Waals surface area contributed by atoms with Crippen molar-refractivity contribution >= 4 is 33.0 Å². The number of nitro benzene ring substituents is 1. The van der Waals surface area contributed by atoms with Crippen LogP contribution in [0.4, 0.5) is 11.4 Å². The number of hydrogen-bond acceptors (Lipinski definition) is 6. The van der Waals surface area contributed by atoms with Crippen LogP contribution in [0.1, 0.15) is 0 Å². The van der Waals surface area contributed by atoms with Gasteiger partial charge in [-0.05, 0) is 18.2 Å². The van der Waals surface area contributed by atoms with Crippen molar-refractivity contribution in [2.24, 2.45) is 0 Å². The van der Waals surface area contributed by atoms with Crippen molar-refractivity contribution < 1.29 is 22.8 Å². The van der Waals surface area contributed by atoms with Crippen molar-refractivity contribution in [2.45, 2.75) is 4.90 Å². The zero-order chi connectivity index (χ0) is 17.9. The van der Waals surface area contributed by atoms with E-state index in [0.29, 0.717) is 5.75 Å². The highest BCUT2D eigenvalue weighted by Crippen LogP contribution is 2.32. The lowest BCUT2D eigenvalue weighted by molar-refractivity contribution is -0.385. The van der Waals surface area contributed by atoms with Crippen molar-refractivity contribution in [3.8, 4) is 11.5 Å². The quantitative estimate of drug-likeness (QED) is 0.616. The first-order chi connectivity index (χ1) is 11.3. The van der Waals surface area contributed by atoms with Gasteiger partial charge < -0.3 is 9.47 Å². The number of nitrogens with zero attached hydrogens (tertiary/aromatic N) is 1. The van der Waals surface area contributed by atoms with E-state index in [4.69, 9.17) is 21.1 Å². The lowest BCUT2D eigenvalue weighted by atomic mass is 10.3. The Labute approximate surface area is 143 Å². The molecule has 0 amide bonds. The van der Waals surface area contributed by atoms with Crippen molar-refractivity contribution in [3.63, 3.8) is 0 Å². The molecule has 0 bridgehead atoms. The molecular weight excluding hydrogens is 360 g/mol. The Morgan fingerprint density at radius 2 is 1.83 bits per heavy atom. The number of anilines is 1. The number of benzene rings is 2. The molecule has 0 saturated heterocycles. The average molecular weight is 373 g/mol. The maximum absolute atomic E-state index is 12.6. The van der Waals surface area contributed by atoms with Crippen molar-refractivity contribution in [2.75, 3.05) is 18.9 Å². The van der Waals surface area contributed by atoms with Gasteiger partial charge in [0.1, 0.15) is 16.4 Å². The van der Waals surface area contributed by atoms with Gasteiger partial charge in [-0.2, -0.15) is 0 Å². The predicted molar refractivity (Wildman–Crippen MR) is 88.5 cm³/mol. The Kier molecular flexibility index (Phi) is 5.15. The van der Waals surface area contributed by atoms with Gasteiger partial charge >= 0.3 is 0 Å². The summed E-state index contributed by atoms with van der Waals surface area (Å²) in [6.07, 6.45) is 0. The van der Waals surface area contributed by atoms with Crippen molar-refractivity contribution in [1.82, 2.24) is 0 Å². The molecule has 24 heavy (non-hydrogen) atoms. The zero-order valence-corrected chi connectivity index (χ0v) is 14.2.